The van der Waals surface area contributed by atoms with E-state index < -0.39 is 0 Å². The predicted molar refractivity (Wildman–Crippen MR) is 88.6 cm³/mol. The fourth-order valence-electron chi connectivity index (χ4n) is 3.63. The van der Waals surface area contributed by atoms with Gasteiger partial charge < -0.3 is 9.32 Å². The van der Waals surface area contributed by atoms with Crippen LogP contribution in [-0.4, -0.2) is 24.5 Å². The first-order chi connectivity index (χ1) is 10.4. The Morgan fingerprint density at radius 1 is 1.19 bits per heavy atom. The average Bonchev–Trinajstić information content (AvgIpc) is 2.93. The SMILES string of the molecule is CCCC1CCN(CCCc2coc3ccccc23)CC1. The maximum Gasteiger partial charge on any atom is 0.134 e. The lowest BCUT2D eigenvalue weighted by molar-refractivity contribution is 0.177. The number of furan rings is 1. The molecule has 114 valence electrons. The van der Waals surface area contributed by atoms with E-state index >= 15 is 0 Å². The fraction of sp³-hybridized carbons (Fsp3) is 0.579. The zero-order chi connectivity index (χ0) is 14.5. The van der Waals surface area contributed by atoms with Crippen molar-refractivity contribution in [1.82, 2.24) is 4.90 Å². The van der Waals surface area contributed by atoms with Gasteiger partial charge in [-0.25, -0.2) is 0 Å². The third kappa shape index (κ3) is 3.68. The van der Waals surface area contributed by atoms with Crippen LogP contribution in [0.25, 0.3) is 11.0 Å². The van der Waals surface area contributed by atoms with Gasteiger partial charge in [-0.2, -0.15) is 0 Å². The number of hydrogen-bond acceptors (Lipinski definition) is 2. The van der Waals surface area contributed by atoms with Gasteiger partial charge in [-0.3, -0.25) is 0 Å². The smallest absolute Gasteiger partial charge is 0.134 e. The Kier molecular flexibility index (Phi) is 4.97. The molecule has 0 bridgehead atoms. The Bertz CT molecular complexity index is 551. The lowest BCUT2D eigenvalue weighted by atomic mass is 9.92. The third-order valence-corrected chi connectivity index (χ3v) is 4.89. The second-order valence-corrected chi connectivity index (χ2v) is 6.43. The minimum atomic E-state index is 0.990. The molecule has 1 fully saturated rings. The molecule has 2 heteroatoms. The summed E-state index contributed by atoms with van der Waals surface area (Å²) in [5.74, 6) is 0.990. The van der Waals surface area contributed by atoms with Gasteiger partial charge in [0, 0.05) is 5.39 Å². The molecule has 1 aliphatic heterocycles. The molecule has 2 aromatic rings. The van der Waals surface area contributed by atoms with Crippen molar-refractivity contribution in [2.75, 3.05) is 19.6 Å². The normalized spacial score (nSPS) is 17.6. The van der Waals surface area contributed by atoms with Crippen LogP contribution in [0.3, 0.4) is 0 Å². The number of hydrogen-bond donors (Lipinski definition) is 0. The van der Waals surface area contributed by atoms with Gasteiger partial charge >= 0.3 is 0 Å². The zero-order valence-corrected chi connectivity index (χ0v) is 13.2. The van der Waals surface area contributed by atoms with E-state index in [9.17, 15) is 0 Å². The molecule has 0 aliphatic carbocycles. The standard InChI is InChI=1S/C19H27NO/c1-2-6-16-10-13-20(14-11-16)12-5-7-17-15-21-19-9-4-3-8-18(17)19/h3-4,8-9,15-16H,2,5-7,10-14H2,1H3. The van der Waals surface area contributed by atoms with Gasteiger partial charge in [0.1, 0.15) is 5.58 Å². The highest BCUT2D eigenvalue weighted by Gasteiger charge is 2.18. The molecule has 0 amide bonds. The molecule has 1 saturated heterocycles. The molecule has 1 aromatic carbocycles. The molecule has 3 rings (SSSR count). The summed E-state index contributed by atoms with van der Waals surface area (Å²) in [6.07, 6.45) is 9.89. The van der Waals surface area contributed by atoms with Crippen molar-refractivity contribution in [2.45, 2.75) is 45.4 Å². The van der Waals surface area contributed by atoms with Crippen molar-refractivity contribution in [3.63, 3.8) is 0 Å². The van der Waals surface area contributed by atoms with Crippen molar-refractivity contribution in [3.05, 3.63) is 36.1 Å². The molecule has 21 heavy (non-hydrogen) atoms. The summed E-state index contributed by atoms with van der Waals surface area (Å²) in [6.45, 7) is 6.15. The first-order valence-corrected chi connectivity index (χ1v) is 8.54. The molecule has 0 spiro atoms. The molecule has 0 N–H and O–H groups in total. The zero-order valence-electron chi connectivity index (χ0n) is 13.2. The van der Waals surface area contributed by atoms with E-state index in [4.69, 9.17) is 4.42 Å². The van der Waals surface area contributed by atoms with Crippen molar-refractivity contribution >= 4 is 11.0 Å². The number of para-hydroxylation sites is 1. The second kappa shape index (κ2) is 7.13. The van der Waals surface area contributed by atoms with Gasteiger partial charge in [-0.1, -0.05) is 38.0 Å². The van der Waals surface area contributed by atoms with Crippen LogP contribution in [0.4, 0.5) is 0 Å². The summed E-state index contributed by atoms with van der Waals surface area (Å²) in [5, 5.41) is 1.29. The van der Waals surface area contributed by atoms with Gasteiger partial charge in [0.15, 0.2) is 0 Å². The quantitative estimate of drug-likeness (QED) is 0.752. The molecule has 0 saturated carbocycles. The van der Waals surface area contributed by atoms with Crippen molar-refractivity contribution in [1.29, 1.82) is 0 Å². The molecule has 0 atom stereocenters. The fourth-order valence-corrected chi connectivity index (χ4v) is 3.63. The van der Waals surface area contributed by atoms with Gasteiger partial charge in [0.25, 0.3) is 0 Å². The molecule has 2 nitrogen and oxygen atoms in total. The molecule has 2 heterocycles. The maximum absolute atomic E-state index is 5.62. The lowest BCUT2D eigenvalue weighted by Gasteiger charge is -2.31. The predicted octanol–water partition coefficient (Wildman–Crippen LogP) is 4.88. The highest BCUT2D eigenvalue weighted by Crippen LogP contribution is 2.24. The van der Waals surface area contributed by atoms with E-state index in [-0.39, 0.29) is 0 Å². The van der Waals surface area contributed by atoms with Gasteiger partial charge in [-0.15, -0.1) is 0 Å². The molecular weight excluding hydrogens is 258 g/mol. The minimum absolute atomic E-state index is 0.990. The van der Waals surface area contributed by atoms with Crippen LogP contribution in [0.15, 0.2) is 34.9 Å². The summed E-state index contributed by atoms with van der Waals surface area (Å²) in [6, 6.07) is 8.36. The third-order valence-electron chi connectivity index (χ3n) is 4.89. The molecule has 1 aliphatic rings. The minimum Gasteiger partial charge on any atom is -0.464 e. The summed E-state index contributed by atoms with van der Waals surface area (Å²) in [4.78, 5) is 2.65. The molecule has 0 unspecified atom stereocenters. The van der Waals surface area contributed by atoms with Crippen LogP contribution in [0.1, 0.15) is 44.6 Å². The van der Waals surface area contributed by atoms with E-state index in [1.807, 2.05) is 12.3 Å². The van der Waals surface area contributed by atoms with Gasteiger partial charge in [0.05, 0.1) is 6.26 Å². The Hall–Kier alpha value is -1.28. The number of benzene rings is 1. The lowest BCUT2D eigenvalue weighted by Crippen LogP contribution is -2.34. The molecular formula is C19H27NO. The topological polar surface area (TPSA) is 16.4 Å². The molecule has 0 radical (unpaired) electrons. The Morgan fingerprint density at radius 2 is 2.00 bits per heavy atom. The van der Waals surface area contributed by atoms with Crippen LogP contribution in [0.5, 0.6) is 0 Å². The van der Waals surface area contributed by atoms with E-state index in [1.165, 1.54) is 62.7 Å². The second-order valence-electron chi connectivity index (χ2n) is 6.43. The average molecular weight is 285 g/mol. The van der Waals surface area contributed by atoms with Crippen LogP contribution in [0, 0.1) is 5.92 Å². The van der Waals surface area contributed by atoms with E-state index in [0.717, 1.165) is 17.9 Å². The maximum atomic E-state index is 5.62. The van der Waals surface area contributed by atoms with E-state index in [2.05, 4.69) is 30.0 Å². The number of aryl methyl sites for hydroxylation is 1. The summed E-state index contributed by atoms with van der Waals surface area (Å²) >= 11 is 0. The van der Waals surface area contributed by atoms with Crippen LogP contribution in [0.2, 0.25) is 0 Å². The number of piperidine rings is 1. The van der Waals surface area contributed by atoms with Crippen molar-refractivity contribution < 1.29 is 4.42 Å². The number of likely N-dealkylation sites (tertiary alicyclic amines) is 1. The van der Waals surface area contributed by atoms with Gasteiger partial charge in [-0.05, 0) is 62.9 Å². The molecule has 1 aromatic heterocycles. The van der Waals surface area contributed by atoms with E-state index in [0.29, 0.717) is 0 Å². The summed E-state index contributed by atoms with van der Waals surface area (Å²) < 4.78 is 5.62. The summed E-state index contributed by atoms with van der Waals surface area (Å²) in [7, 11) is 0. The number of fused-ring (bicyclic) bond motifs is 1. The van der Waals surface area contributed by atoms with Crippen molar-refractivity contribution in [2.24, 2.45) is 5.92 Å². The first-order valence-electron chi connectivity index (χ1n) is 8.54. The van der Waals surface area contributed by atoms with Crippen LogP contribution >= 0.6 is 0 Å². The Labute approximate surface area is 128 Å². The van der Waals surface area contributed by atoms with Gasteiger partial charge in [0.2, 0.25) is 0 Å². The van der Waals surface area contributed by atoms with E-state index in [1.54, 1.807) is 0 Å². The Balaban J connectivity index is 1.44. The highest BCUT2D eigenvalue weighted by molar-refractivity contribution is 5.80. The number of rotatable bonds is 6. The largest absolute Gasteiger partial charge is 0.464 e. The Morgan fingerprint density at radius 3 is 2.81 bits per heavy atom. The van der Waals surface area contributed by atoms with Crippen molar-refractivity contribution in [3.8, 4) is 0 Å². The first kappa shape index (κ1) is 14.6. The van der Waals surface area contributed by atoms with Crippen LogP contribution in [-0.2, 0) is 6.42 Å². The summed E-state index contributed by atoms with van der Waals surface area (Å²) in [5.41, 5.74) is 2.39. The highest BCUT2D eigenvalue weighted by atomic mass is 16.3. The number of nitrogens with zero attached hydrogens (tertiary/aromatic N) is 1. The monoisotopic (exact) mass is 285 g/mol. The van der Waals surface area contributed by atoms with Crippen LogP contribution < -0.4 is 0 Å².